The molecule has 0 amide bonds. The zero-order valence-corrected chi connectivity index (χ0v) is 10.8. The van der Waals surface area contributed by atoms with Gasteiger partial charge >= 0.3 is 0 Å². The van der Waals surface area contributed by atoms with Crippen molar-refractivity contribution in [2.24, 2.45) is 0 Å². The fraction of sp³-hybridized carbons (Fsp3) is 0.500. The molecule has 84 valence electrons. The van der Waals surface area contributed by atoms with Crippen molar-refractivity contribution in [1.29, 1.82) is 0 Å². The normalized spacial score (nSPS) is 12.5. The number of rotatable bonds is 5. The van der Waals surface area contributed by atoms with E-state index in [-0.39, 0.29) is 6.61 Å². The first kappa shape index (κ1) is 12.5. The topological polar surface area (TPSA) is 32.3 Å². The number of anilines is 1. The van der Waals surface area contributed by atoms with Crippen LogP contribution in [0.1, 0.15) is 25.3 Å². The molecule has 0 aliphatic rings. The van der Waals surface area contributed by atoms with Crippen LogP contribution in [0.5, 0.6) is 0 Å². The van der Waals surface area contributed by atoms with Gasteiger partial charge in [0.2, 0.25) is 0 Å². The van der Waals surface area contributed by atoms with E-state index in [0.717, 1.165) is 23.0 Å². The van der Waals surface area contributed by atoms with Crippen LogP contribution in [0.3, 0.4) is 0 Å². The van der Waals surface area contributed by atoms with Gasteiger partial charge in [0.25, 0.3) is 0 Å². The number of aliphatic hydroxyl groups excluding tert-OH is 1. The number of hydrogen-bond acceptors (Lipinski definition) is 2. The van der Waals surface area contributed by atoms with Gasteiger partial charge < -0.3 is 10.4 Å². The molecule has 0 aliphatic carbocycles. The van der Waals surface area contributed by atoms with Crippen LogP contribution in [-0.2, 0) is 0 Å². The monoisotopic (exact) mass is 271 g/mol. The summed E-state index contributed by atoms with van der Waals surface area (Å²) < 4.78 is 1.14. The highest BCUT2D eigenvalue weighted by Crippen LogP contribution is 2.20. The van der Waals surface area contributed by atoms with Crippen molar-refractivity contribution in [2.45, 2.75) is 32.7 Å². The highest BCUT2D eigenvalue weighted by atomic mass is 79.9. The van der Waals surface area contributed by atoms with E-state index in [2.05, 4.69) is 53.3 Å². The number of benzene rings is 1. The lowest BCUT2D eigenvalue weighted by Crippen LogP contribution is -2.15. The lowest BCUT2D eigenvalue weighted by molar-refractivity contribution is 0.282. The minimum atomic E-state index is 0.269. The van der Waals surface area contributed by atoms with Crippen LogP contribution in [0.4, 0.5) is 5.69 Å². The summed E-state index contributed by atoms with van der Waals surface area (Å²) in [7, 11) is 0. The van der Waals surface area contributed by atoms with Crippen molar-refractivity contribution in [3.63, 3.8) is 0 Å². The van der Waals surface area contributed by atoms with Crippen molar-refractivity contribution in [3.05, 3.63) is 28.2 Å². The van der Waals surface area contributed by atoms with Crippen LogP contribution in [-0.4, -0.2) is 17.8 Å². The van der Waals surface area contributed by atoms with Gasteiger partial charge in [-0.25, -0.2) is 0 Å². The fourth-order valence-corrected chi connectivity index (χ4v) is 1.74. The second kappa shape index (κ2) is 6.13. The summed E-state index contributed by atoms with van der Waals surface area (Å²) in [4.78, 5) is 0. The van der Waals surface area contributed by atoms with Crippen molar-refractivity contribution < 1.29 is 5.11 Å². The van der Waals surface area contributed by atoms with Crippen LogP contribution >= 0.6 is 15.9 Å². The van der Waals surface area contributed by atoms with Gasteiger partial charge in [-0.2, -0.15) is 0 Å². The van der Waals surface area contributed by atoms with Gasteiger partial charge in [-0.15, -0.1) is 0 Å². The zero-order valence-electron chi connectivity index (χ0n) is 9.26. The minimum absolute atomic E-state index is 0.269. The average molecular weight is 272 g/mol. The maximum Gasteiger partial charge on any atom is 0.0431 e. The molecule has 1 atom stereocenters. The minimum Gasteiger partial charge on any atom is -0.396 e. The SMILES string of the molecule is Cc1cc(NC(C)CCCO)ccc1Br. The summed E-state index contributed by atoms with van der Waals surface area (Å²) >= 11 is 3.48. The number of halogens is 1. The standard InChI is InChI=1S/C12H18BrNO/c1-9-8-11(5-6-12(9)13)14-10(2)4-3-7-15/h5-6,8,10,14-15H,3-4,7H2,1-2H3. The molecule has 1 aromatic rings. The fourth-order valence-electron chi connectivity index (χ4n) is 1.49. The lowest BCUT2D eigenvalue weighted by Gasteiger charge is -2.15. The smallest absolute Gasteiger partial charge is 0.0431 e. The highest BCUT2D eigenvalue weighted by Gasteiger charge is 2.02. The summed E-state index contributed by atoms with van der Waals surface area (Å²) in [5.41, 5.74) is 2.37. The Bertz CT molecular complexity index is 314. The van der Waals surface area contributed by atoms with E-state index in [4.69, 9.17) is 5.11 Å². The Labute approximate surface area is 99.8 Å². The predicted molar refractivity (Wildman–Crippen MR) is 68.3 cm³/mol. The summed E-state index contributed by atoms with van der Waals surface area (Å²) in [6, 6.07) is 6.64. The predicted octanol–water partition coefficient (Wildman–Crippen LogP) is 3.33. The largest absolute Gasteiger partial charge is 0.396 e. The van der Waals surface area contributed by atoms with Crippen LogP contribution in [0.25, 0.3) is 0 Å². The van der Waals surface area contributed by atoms with Gasteiger partial charge in [0.15, 0.2) is 0 Å². The van der Waals surface area contributed by atoms with Crippen LogP contribution in [0, 0.1) is 6.92 Å². The van der Waals surface area contributed by atoms with Crippen molar-refractivity contribution in [1.82, 2.24) is 0 Å². The summed E-state index contributed by atoms with van der Waals surface area (Å²) in [6.45, 7) is 4.48. The molecule has 0 aliphatic heterocycles. The molecular formula is C12H18BrNO. The van der Waals surface area contributed by atoms with Crippen molar-refractivity contribution >= 4 is 21.6 Å². The van der Waals surface area contributed by atoms with Gasteiger partial charge in [-0.3, -0.25) is 0 Å². The van der Waals surface area contributed by atoms with E-state index in [9.17, 15) is 0 Å². The van der Waals surface area contributed by atoms with Gasteiger partial charge in [0.1, 0.15) is 0 Å². The van der Waals surface area contributed by atoms with Crippen LogP contribution < -0.4 is 5.32 Å². The molecule has 2 nitrogen and oxygen atoms in total. The number of nitrogens with one attached hydrogen (secondary N) is 1. The maximum atomic E-state index is 8.73. The van der Waals surface area contributed by atoms with E-state index in [0.29, 0.717) is 6.04 Å². The summed E-state index contributed by atoms with van der Waals surface area (Å²) in [5, 5.41) is 12.1. The molecule has 0 heterocycles. The lowest BCUT2D eigenvalue weighted by atomic mass is 10.1. The van der Waals surface area contributed by atoms with Crippen LogP contribution in [0.2, 0.25) is 0 Å². The third kappa shape index (κ3) is 4.22. The van der Waals surface area contributed by atoms with Crippen molar-refractivity contribution in [3.8, 4) is 0 Å². The molecule has 15 heavy (non-hydrogen) atoms. The summed E-state index contributed by atoms with van der Waals surface area (Å²) in [5.74, 6) is 0. The Morgan fingerprint density at radius 1 is 1.47 bits per heavy atom. The summed E-state index contributed by atoms with van der Waals surface area (Å²) in [6.07, 6.45) is 1.84. The Morgan fingerprint density at radius 3 is 2.80 bits per heavy atom. The van der Waals surface area contributed by atoms with Gasteiger partial charge in [0, 0.05) is 22.8 Å². The Balaban J connectivity index is 2.53. The second-order valence-corrected chi connectivity index (χ2v) is 4.73. The molecule has 0 fully saturated rings. The Hall–Kier alpha value is -0.540. The highest BCUT2D eigenvalue weighted by molar-refractivity contribution is 9.10. The third-order valence-corrected chi connectivity index (χ3v) is 3.26. The van der Waals surface area contributed by atoms with E-state index in [1.165, 1.54) is 5.56 Å². The first-order chi connectivity index (χ1) is 7.13. The molecule has 0 bridgehead atoms. The van der Waals surface area contributed by atoms with Crippen molar-refractivity contribution in [2.75, 3.05) is 11.9 Å². The zero-order chi connectivity index (χ0) is 11.3. The Morgan fingerprint density at radius 2 is 2.20 bits per heavy atom. The molecule has 2 N–H and O–H groups in total. The van der Waals surface area contributed by atoms with Gasteiger partial charge in [0.05, 0.1) is 0 Å². The third-order valence-electron chi connectivity index (χ3n) is 2.37. The van der Waals surface area contributed by atoms with E-state index >= 15 is 0 Å². The maximum absolute atomic E-state index is 8.73. The number of aliphatic hydroxyl groups is 1. The second-order valence-electron chi connectivity index (χ2n) is 3.88. The first-order valence-electron chi connectivity index (χ1n) is 5.27. The molecular weight excluding hydrogens is 254 g/mol. The molecule has 0 saturated carbocycles. The molecule has 3 heteroatoms. The number of aryl methyl sites for hydroxylation is 1. The molecule has 0 saturated heterocycles. The quantitative estimate of drug-likeness (QED) is 0.861. The average Bonchev–Trinajstić information content (AvgIpc) is 2.20. The van der Waals surface area contributed by atoms with Gasteiger partial charge in [-0.05, 0) is 50.5 Å². The molecule has 1 aromatic carbocycles. The molecule has 1 rings (SSSR count). The van der Waals surface area contributed by atoms with E-state index in [1.54, 1.807) is 0 Å². The molecule has 1 unspecified atom stereocenters. The number of hydrogen-bond donors (Lipinski definition) is 2. The molecule has 0 aromatic heterocycles. The van der Waals surface area contributed by atoms with E-state index < -0.39 is 0 Å². The molecule has 0 radical (unpaired) electrons. The Kier molecular flexibility index (Phi) is 5.12. The van der Waals surface area contributed by atoms with Gasteiger partial charge in [-0.1, -0.05) is 15.9 Å². The molecule has 0 spiro atoms. The van der Waals surface area contributed by atoms with Crippen LogP contribution in [0.15, 0.2) is 22.7 Å². The van der Waals surface area contributed by atoms with E-state index in [1.807, 2.05) is 0 Å². The first-order valence-corrected chi connectivity index (χ1v) is 6.06.